The lowest BCUT2D eigenvalue weighted by atomic mass is 10.0. The zero-order valence-corrected chi connectivity index (χ0v) is 14.3. The molecule has 0 aliphatic rings. The first-order chi connectivity index (χ1) is 10.2. The predicted molar refractivity (Wildman–Crippen MR) is 98.5 cm³/mol. The van der Waals surface area contributed by atoms with Gasteiger partial charge in [0.05, 0.1) is 0 Å². The van der Waals surface area contributed by atoms with Gasteiger partial charge in [0, 0.05) is 0 Å². The lowest BCUT2D eigenvalue weighted by Crippen LogP contribution is -1.85. The van der Waals surface area contributed by atoms with Gasteiger partial charge in [-0.3, -0.25) is 0 Å². The average Bonchev–Trinajstić information content (AvgIpc) is 2.55. The maximum atomic E-state index is 4.12. The first kappa shape index (κ1) is 19.2. The minimum Gasteiger partial charge on any atom is -0.0912 e. The minimum absolute atomic E-state index is 0.419. The van der Waals surface area contributed by atoms with Gasteiger partial charge in [-0.25, -0.2) is 0 Å². The first-order valence-electron chi connectivity index (χ1n) is 7.93. The molecular formula is C21H30. The average molecular weight is 282 g/mol. The fourth-order valence-corrected chi connectivity index (χ4v) is 1.73. The van der Waals surface area contributed by atoms with Gasteiger partial charge in [0.25, 0.3) is 0 Å². The van der Waals surface area contributed by atoms with E-state index in [1.807, 2.05) is 32.9 Å². The molecule has 0 fully saturated rings. The molecule has 114 valence electrons. The largest absolute Gasteiger partial charge is 0.0912 e. The molecule has 0 heteroatoms. The Morgan fingerprint density at radius 1 is 1.10 bits per heavy atom. The number of allylic oxidation sites excluding steroid dienone is 7. The molecule has 0 heterocycles. The van der Waals surface area contributed by atoms with Crippen LogP contribution in [-0.2, 0) is 6.42 Å². The Morgan fingerprint density at radius 2 is 1.71 bits per heavy atom. The standard InChI is InChI=1S/C19H24.C2H6/c1-5-7-8-9-16(3)10-11-17(4)19-14-12-18(6-2)13-15-19;1-2/h5,7-16H,4,6H2,1-3H3;1-2H3/b7-5-,9-8-,11-10+;. The van der Waals surface area contributed by atoms with Crippen LogP contribution >= 0.6 is 0 Å². The van der Waals surface area contributed by atoms with E-state index >= 15 is 0 Å². The van der Waals surface area contributed by atoms with Crippen LogP contribution in [0.1, 0.15) is 45.7 Å². The van der Waals surface area contributed by atoms with E-state index in [-0.39, 0.29) is 0 Å². The van der Waals surface area contributed by atoms with Crippen LogP contribution in [0.2, 0.25) is 0 Å². The van der Waals surface area contributed by atoms with Crippen LogP contribution in [0.5, 0.6) is 0 Å². The highest BCUT2D eigenvalue weighted by Crippen LogP contribution is 2.16. The molecule has 0 radical (unpaired) electrons. The smallest absolute Gasteiger partial charge is 0.00754 e. The Bertz CT molecular complexity index is 469. The second-order valence-corrected chi connectivity index (χ2v) is 4.70. The Hall–Kier alpha value is -1.82. The molecule has 1 aromatic rings. The van der Waals surface area contributed by atoms with E-state index in [2.05, 4.69) is 69.0 Å². The summed E-state index contributed by atoms with van der Waals surface area (Å²) in [5.74, 6) is 0.419. The van der Waals surface area contributed by atoms with Crippen LogP contribution in [0, 0.1) is 5.92 Å². The highest BCUT2D eigenvalue weighted by atomic mass is 14.0. The van der Waals surface area contributed by atoms with Gasteiger partial charge in [-0.1, -0.05) is 95.0 Å². The molecule has 1 rings (SSSR count). The van der Waals surface area contributed by atoms with Crippen molar-refractivity contribution >= 4 is 5.57 Å². The van der Waals surface area contributed by atoms with E-state index in [1.165, 1.54) is 11.1 Å². The lowest BCUT2D eigenvalue weighted by molar-refractivity contribution is 0.940. The SMILES string of the molecule is C=C(/C=C/C(C)/C=C\C=C/C)c1ccc(CC)cc1.CC. The van der Waals surface area contributed by atoms with Gasteiger partial charge in [0.2, 0.25) is 0 Å². The zero-order valence-electron chi connectivity index (χ0n) is 14.3. The van der Waals surface area contributed by atoms with Crippen molar-refractivity contribution < 1.29 is 0 Å². The molecule has 1 aromatic carbocycles. The summed E-state index contributed by atoms with van der Waals surface area (Å²) in [6.07, 6.45) is 13.7. The van der Waals surface area contributed by atoms with Crippen LogP contribution in [-0.4, -0.2) is 0 Å². The van der Waals surface area contributed by atoms with Crippen molar-refractivity contribution in [1.29, 1.82) is 0 Å². The number of benzene rings is 1. The molecule has 0 aromatic heterocycles. The summed E-state index contributed by atoms with van der Waals surface area (Å²) in [5, 5.41) is 0. The third-order valence-electron chi connectivity index (χ3n) is 3.05. The first-order valence-corrected chi connectivity index (χ1v) is 7.93. The molecule has 0 aliphatic heterocycles. The summed E-state index contributed by atoms with van der Waals surface area (Å²) < 4.78 is 0. The maximum absolute atomic E-state index is 4.12. The van der Waals surface area contributed by atoms with E-state index in [1.54, 1.807) is 0 Å². The summed E-state index contributed by atoms with van der Waals surface area (Å²) in [6, 6.07) is 8.63. The number of hydrogen-bond acceptors (Lipinski definition) is 0. The van der Waals surface area contributed by atoms with E-state index < -0.39 is 0 Å². The molecule has 0 spiro atoms. The van der Waals surface area contributed by atoms with Gasteiger partial charge in [0.15, 0.2) is 0 Å². The predicted octanol–water partition coefficient (Wildman–Crippen LogP) is 6.61. The number of hydrogen-bond donors (Lipinski definition) is 0. The molecular weight excluding hydrogens is 252 g/mol. The molecule has 1 unspecified atom stereocenters. The molecule has 0 saturated carbocycles. The van der Waals surface area contributed by atoms with Gasteiger partial charge >= 0.3 is 0 Å². The summed E-state index contributed by atoms with van der Waals surface area (Å²) in [7, 11) is 0. The summed E-state index contributed by atoms with van der Waals surface area (Å²) in [4.78, 5) is 0. The van der Waals surface area contributed by atoms with Gasteiger partial charge in [0.1, 0.15) is 0 Å². The second kappa shape index (κ2) is 12.0. The Labute approximate surface area is 131 Å². The highest BCUT2D eigenvalue weighted by molar-refractivity contribution is 5.72. The van der Waals surface area contributed by atoms with Gasteiger partial charge < -0.3 is 0 Å². The van der Waals surface area contributed by atoms with E-state index in [4.69, 9.17) is 0 Å². The van der Waals surface area contributed by atoms with E-state index in [0.717, 1.165) is 12.0 Å². The van der Waals surface area contributed by atoms with E-state index in [9.17, 15) is 0 Å². The molecule has 0 aliphatic carbocycles. The van der Waals surface area contributed by atoms with Crippen molar-refractivity contribution in [2.24, 2.45) is 5.92 Å². The Kier molecular flexibility index (Phi) is 10.9. The molecule has 1 atom stereocenters. The van der Waals surface area contributed by atoms with Gasteiger partial charge in [-0.05, 0) is 36.0 Å². The van der Waals surface area contributed by atoms with Crippen LogP contribution in [0.15, 0.2) is 67.3 Å². The fraction of sp³-hybridized carbons (Fsp3) is 0.333. The molecule has 0 nitrogen and oxygen atoms in total. The summed E-state index contributed by atoms with van der Waals surface area (Å²) in [6.45, 7) is 14.5. The Morgan fingerprint density at radius 3 is 2.24 bits per heavy atom. The fourth-order valence-electron chi connectivity index (χ4n) is 1.73. The van der Waals surface area contributed by atoms with Crippen molar-refractivity contribution in [2.45, 2.75) is 41.0 Å². The normalized spacial score (nSPS) is 12.6. The summed E-state index contributed by atoms with van der Waals surface area (Å²) >= 11 is 0. The molecule has 0 N–H and O–H groups in total. The second-order valence-electron chi connectivity index (χ2n) is 4.70. The third-order valence-corrected chi connectivity index (χ3v) is 3.05. The monoisotopic (exact) mass is 282 g/mol. The van der Waals surface area contributed by atoms with Crippen molar-refractivity contribution in [3.63, 3.8) is 0 Å². The molecule has 21 heavy (non-hydrogen) atoms. The van der Waals surface area contributed by atoms with Crippen molar-refractivity contribution in [3.8, 4) is 0 Å². The molecule has 0 saturated heterocycles. The van der Waals surface area contributed by atoms with Crippen LogP contribution in [0.4, 0.5) is 0 Å². The van der Waals surface area contributed by atoms with Crippen molar-refractivity contribution in [3.05, 3.63) is 78.4 Å². The minimum atomic E-state index is 0.419. The third kappa shape index (κ3) is 8.14. The lowest BCUT2D eigenvalue weighted by Gasteiger charge is -2.03. The maximum Gasteiger partial charge on any atom is -0.00754 e. The molecule has 0 bridgehead atoms. The van der Waals surface area contributed by atoms with Crippen LogP contribution in [0.3, 0.4) is 0 Å². The number of aryl methyl sites for hydroxylation is 1. The van der Waals surface area contributed by atoms with Crippen LogP contribution in [0.25, 0.3) is 5.57 Å². The van der Waals surface area contributed by atoms with Gasteiger partial charge in [-0.15, -0.1) is 0 Å². The Balaban J connectivity index is 0.00000191. The van der Waals surface area contributed by atoms with Gasteiger partial charge in [-0.2, -0.15) is 0 Å². The van der Waals surface area contributed by atoms with E-state index in [0.29, 0.717) is 5.92 Å². The van der Waals surface area contributed by atoms with Crippen molar-refractivity contribution in [2.75, 3.05) is 0 Å². The highest BCUT2D eigenvalue weighted by Gasteiger charge is 1.96. The zero-order chi connectivity index (χ0) is 16.1. The molecule has 0 amide bonds. The quantitative estimate of drug-likeness (QED) is 0.515. The van der Waals surface area contributed by atoms with Crippen molar-refractivity contribution in [1.82, 2.24) is 0 Å². The van der Waals surface area contributed by atoms with Crippen LogP contribution < -0.4 is 0 Å². The summed E-state index contributed by atoms with van der Waals surface area (Å²) in [5.41, 5.74) is 3.62. The number of rotatable bonds is 6. The topological polar surface area (TPSA) is 0 Å².